The number of H-pyrrole nitrogens is 2. The summed E-state index contributed by atoms with van der Waals surface area (Å²) in [5.74, 6) is -5.91. The van der Waals surface area contributed by atoms with Crippen molar-refractivity contribution in [2.45, 2.75) is 57.2 Å². The number of aryl methyl sites for hydroxylation is 2. The van der Waals surface area contributed by atoms with E-state index in [1.54, 1.807) is 48.8 Å². The summed E-state index contributed by atoms with van der Waals surface area (Å²) in [5, 5.41) is 40.9. The van der Waals surface area contributed by atoms with Crippen LogP contribution in [0.5, 0.6) is 0 Å². The lowest BCUT2D eigenvalue weighted by atomic mass is 10.0. The average Bonchev–Trinajstić information content (AvgIpc) is 3.66. The molecule has 4 aromatic heterocycles. The van der Waals surface area contributed by atoms with E-state index in [4.69, 9.17) is 32.5 Å². The quantitative estimate of drug-likeness (QED) is 0.0572. The minimum Gasteiger partial charge on any atom is -0.481 e. The van der Waals surface area contributed by atoms with Gasteiger partial charge in [0.1, 0.15) is 17.7 Å². The third-order valence-corrected chi connectivity index (χ3v) is 9.52. The molecule has 0 saturated heterocycles. The van der Waals surface area contributed by atoms with Crippen LogP contribution in [0, 0.1) is 0 Å². The van der Waals surface area contributed by atoms with E-state index in [0.717, 1.165) is 16.8 Å². The van der Waals surface area contributed by atoms with Gasteiger partial charge in [0.2, 0.25) is 11.9 Å². The maximum Gasteiger partial charge on any atom is 0.326 e. The molecule has 0 aliphatic heterocycles. The molecule has 0 spiro atoms. The van der Waals surface area contributed by atoms with E-state index in [1.165, 1.54) is 12.1 Å². The number of carbonyl (C=O) groups is 6. The van der Waals surface area contributed by atoms with Gasteiger partial charge in [-0.1, -0.05) is 12.1 Å². The van der Waals surface area contributed by atoms with Crippen molar-refractivity contribution in [3.63, 3.8) is 0 Å². The molecule has 24 nitrogen and oxygen atoms in total. The van der Waals surface area contributed by atoms with Crippen LogP contribution in [-0.2, 0) is 38.6 Å². The van der Waals surface area contributed by atoms with Crippen LogP contribution in [-0.4, -0.2) is 110 Å². The van der Waals surface area contributed by atoms with E-state index >= 15 is 0 Å². The molecular weight excluding hydrogens is 839 g/mol. The van der Waals surface area contributed by atoms with Crippen LogP contribution in [0.15, 0.2) is 65.7 Å². The Labute approximate surface area is 361 Å². The highest BCUT2D eigenvalue weighted by Crippen LogP contribution is 2.20. The number of aromatic nitrogens is 7. The molecule has 0 aliphatic rings. The minimum absolute atomic E-state index is 0.0138. The predicted molar refractivity (Wildman–Crippen MR) is 229 cm³/mol. The molecule has 6 rings (SSSR count). The Balaban J connectivity index is 0.000000241. The number of hydrogen-bond acceptors (Lipinski definition) is 16. The summed E-state index contributed by atoms with van der Waals surface area (Å²) in [6.45, 7) is 0.370. The Kier molecular flexibility index (Phi) is 15.0. The van der Waals surface area contributed by atoms with Crippen LogP contribution < -0.4 is 38.3 Å². The molecule has 0 radical (unpaired) electrons. The van der Waals surface area contributed by atoms with Gasteiger partial charge in [-0.05, 0) is 73.2 Å². The zero-order valence-corrected chi connectivity index (χ0v) is 33.9. The van der Waals surface area contributed by atoms with E-state index in [1.807, 2.05) is 11.9 Å². The summed E-state index contributed by atoms with van der Waals surface area (Å²) < 4.78 is 0. The molecule has 4 heterocycles. The summed E-state index contributed by atoms with van der Waals surface area (Å²) in [4.78, 5) is 108. The summed E-state index contributed by atoms with van der Waals surface area (Å²) in [5.41, 5.74) is 21.2. The molecule has 2 aromatic carbocycles. The number of hydrogen-bond donors (Lipinski definition) is 11. The Morgan fingerprint density at radius 2 is 1.31 bits per heavy atom. The number of aliphatic carboxylic acids is 4. The second kappa shape index (κ2) is 20.7. The van der Waals surface area contributed by atoms with Gasteiger partial charge in [-0.15, -0.1) is 0 Å². The molecule has 0 fully saturated rings. The highest BCUT2D eigenvalue weighted by atomic mass is 16.4. The second-order valence-electron chi connectivity index (χ2n) is 14.2. The molecule has 14 N–H and O–H groups in total. The number of anilines is 4. The van der Waals surface area contributed by atoms with Crippen LogP contribution in [0.25, 0.3) is 22.2 Å². The lowest BCUT2D eigenvalue weighted by molar-refractivity contribution is -0.142. The van der Waals surface area contributed by atoms with Gasteiger partial charge in [-0.3, -0.25) is 24.0 Å². The van der Waals surface area contributed by atoms with Crippen LogP contribution in [0.2, 0.25) is 0 Å². The first kappa shape index (κ1) is 46.4. The fourth-order valence-corrected chi connectivity index (χ4v) is 6.22. The van der Waals surface area contributed by atoms with Crippen LogP contribution in [0.4, 0.5) is 23.4 Å². The number of rotatable bonds is 18. The van der Waals surface area contributed by atoms with Gasteiger partial charge < -0.3 is 63.1 Å². The number of benzene rings is 2. The summed E-state index contributed by atoms with van der Waals surface area (Å²) in [7, 11) is 1.82. The number of nitrogen functional groups attached to an aromatic ring is 3. The van der Waals surface area contributed by atoms with Crippen molar-refractivity contribution in [2.75, 3.05) is 29.1 Å². The van der Waals surface area contributed by atoms with E-state index < -0.39 is 53.3 Å². The smallest absolute Gasteiger partial charge is 0.326 e. The molecule has 24 heteroatoms. The van der Waals surface area contributed by atoms with Gasteiger partial charge in [-0.25, -0.2) is 19.6 Å². The Morgan fingerprint density at radius 3 is 1.86 bits per heavy atom. The van der Waals surface area contributed by atoms with Crippen molar-refractivity contribution in [1.82, 2.24) is 45.5 Å². The van der Waals surface area contributed by atoms with E-state index in [-0.39, 0.29) is 54.5 Å². The highest BCUT2D eigenvalue weighted by molar-refractivity contribution is 5.97. The molecule has 2 amide bonds. The van der Waals surface area contributed by atoms with Crippen molar-refractivity contribution in [3.8, 4) is 0 Å². The van der Waals surface area contributed by atoms with E-state index in [9.17, 15) is 38.7 Å². The van der Waals surface area contributed by atoms with Gasteiger partial charge in [0.05, 0.1) is 23.8 Å². The topological polar surface area (TPSA) is 402 Å². The molecule has 64 heavy (non-hydrogen) atoms. The van der Waals surface area contributed by atoms with Crippen molar-refractivity contribution < 1.29 is 49.2 Å². The first-order valence-electron chi connectivity index (χ1n) is 19.2. The van der Waals surface area contributed by atoms with Crippen LogP contribution in [0.1, 0.15) is 63.2 Å². The molecule has 2 atom stereocenters. The van der Waals surface area contributed by atoms with Crippen molar-refractivity contribution in [2.24, 2.45) is 0 Å². The van der Waals surface area contributed by atoms with Crippen molar-refractivity contribution >= 4 is 81.3 Å². The van der Waals surface area contributed by atoms with Crippen LogP contribution >= 0.6 is 0 Å². The SMILES string of the molecule is CN(Cc1cnc2nc(N)nc(N)c2n1)c1ccc(C(=O)N[C@@H](CCC(=O)O)C(=O)O)cc1.Nc1nc(=O)c2c(CCc3ccc(C(=O)N[C@H](CCC(=O)O)C(=O)O)cc3)c[nH]c2[nH]1. The molecule has 0 bridgehead atoms. The monoisotopic (exact) mass is 881 g/mol. The maximum atomic E-state index is 12.4. The number of amides is 2. The zero-order chi connectivity index (χ0) is 46.7. The van der Waals surface area contributed by atoms with Gasteiger partial charge >= 0.3 is 23.9 Å². The van der Waals surface area contributed by atoms with Gasteiger partial charge in [0, 0.05) is 42.9 Å². The maximum absolute atomic E-state index is 12.4. The fraction of sp³-hybridized carbons (Fsp3) is 0.250. The molecular formula is C40H43N13O11. The molecule has 0 aliphatic carbocycles. The molecule has 0 saturated carbocycles. The number of carboxylic acids is 4. The third-order valence-electron chi connectivity index (χ3n) is 9.52. The molecule has 6 aromatic rings. The number of aromatic amines is 2. The van der Waals surface area contributed by atoms with Gasteiger partial charge in [0.15, 0.2) is 17.0 Å². The third kappa shape index (κ3) is 12.4. The van der Waals surface area contributed by atoms with Gasteiger partial charge in [-0.2, -0.15) is 15.0 Å². The standard InChI is InChI=1S/C20H22N8O5.C20H21N5O6/c1-28(9-11-8-23-17-15(24-11)16(21)26-20(22)27-17)12-4-2-10(3-5-12)18(31)25-13(19(32)33)6-7-14(29)30;21-20-24-16-15(18(29)25-20)12(9-22-16)6-3-10-1-4-11(5-2-10)17(28)23-13(19(30)31)7-8-14(26)27/h2-5,8,13H,6-7,9H2,1H3,(H,25,31)(H,29,30)(H,32,33)(H4,21,22,23,26,27);1-2,4-5,9,13H,3,6-8H2,(H,23,28)(H,26,27)(H,30,31)(H4,21,22,24,25,29)/t2*13-/m01/s1. The molecule has 0 unspecified atom stereocenters. The summed E-state index contributed by atoms with van der Waals surface area (Å²) in [6.07, 6.45) is 3.25. The van der Waals surface area contributed by atoms with Gasteiger partial charge in [0.25, 0.3) is 17.4 Å². The fourth-order valence-electron chi connectivity index (χ4n) is 6.22. The second-order valence-corrected chi connectivity index (χ2v) is 14.2. The zero-order valence-electron chi connectivity index (χ0n) is 33.9. The van der Waals surface area contributed by atoms with Crippen LogP contribution in [0.3, 0.4) is 0 Å². The lowest BCUT2D eigenvalue weighted by Gasteiger charge is -2.19. The normalized spacial score (nSPS) is 11.8. The summed E-state index contributed by atoms with van der Waals surface area (Å²) >= 11 is 0. The van der Waals surface area contributed by atoms with E-state index in [0.29, 0.717) is 47.3 Å². The highest BCUT2D eigenvalue weighted by Gasteiger charge is 2.23. The largest absolute Gasteiger partial charge is 0.481 e. The first-order chi connectivity index (χ1) is 30.4. The Morgan fingerprint density at radius 1 is 0.750 bits per heavy atom. The van der Waals surface area contributed by atoms with Crippen molar-refractivity contribution in [3.05, 3.63) is 99.2 Å². The lowest BCUT2D eigenvalue weighted by Crippen LogP contribution is -2.41. The number of fused-ring (bicyclic) bond motifs is 2. The minimum atomic E-state index is -1.30. The molecule has 334 valence electrons. The number of carbonyl (C=O) groups excluding carboxylic acids is 2. The number of carboxylic acid groups (broad SMARTS) is 4. The number of nitrogens with one attached hydrogen (secondary N) is 4. The number of nitrogens with zero attached hydrogens (tertiary/aromatic N) is 6. The average molecular weight is 882 g/mol. The Hall–Kier alpha value is -8.70. The predicted octanol–water partition coefficient (Wildman–Crippen LogP) is 0.935. The number of nitrogens with two attached hydrogens (primary N) is 3. The first-order valence-corrected chi connectivity index (χ1v) is 19.2. The Bertz CT molecular complexity index is 2760. The summed E-state index contributed by atoms with van der Waals surface area (Å²) in [6, 6.07) is 10.5. The van der Waals surface area contributed by atoms with Crippen molar-refractivity contribution in [1.29, 1.82) is 0 Å². The van der Waals surface area contributed by atoms with E-state index in [2.05, 4.69) is 45.5 Å².